The van der Waals surface area contributed by atoms with Crippen molar-refractivity contribution in [1.82, 2.24) is 4.98 Å². The van der Waals surface area contributed by atoms with E-state index in [0.717, 1.165) is 28.0 Å². The molecule has 0 aliphatic carbocycles. The van der Waals surface area contributed by atoms with Crippen LogP contribution in [0.2, 0.25) is 5.02 Å². The standard InChI is InChI=1S/C12H13ClN2/c1-8-6-9(4-5-14)11-7-10(13)2-3-12(11)15-8/h2-3,6-7H,4-5,14H2,1H3. The van der Waals surface area contributed by atoms with Crippen molar-refractivity contribution in [3.05, 3.63) is 40.5 Å². The summed E-state index contributed by atoms with van der Waals surface area (Å²) in [5, 5.41) is 1.85. The molecule has 1 aromatic heterocycles. The van der Waals surface area contributed by atoms with Crippen LogP contribution < -0.4 is 5.73 Å². The minimum absolute atomic E-state index is 0.644. The maximum atomic E-state index is 5.97. The lowest BCUT2D eigenvalue weighted by Crippen LogP contribution is -2.04. The molecule has 3 heteroatoms. The Balaban J connectivity index is 2.70. The maximum Gasteiger partial charge on any atom is 0.0708 e. The average Bonchev–Trinajstić information content (AvgIpc) is 2.19. The summed E-state index contributed by atoms with van der Waals surface area (Å²) >= 11 is 5.97. The highest BCUT2D eigenvalue weighted by molar-refractivity contribution is 6.31. The van der Waals surface area contributed by atoms with Gasteiger partial charge in [0, 0.05) is 16.1 Å². The van der Waals surface area contributed by atoms with E-state index in [4.69, 9.17) is 17.3 Å². The molecule has 0 spiro atoms. The van der Waals surface area contributed by atoms with Gasteiger partial charge in [-0.3, -0.25) is 4.98 Å². The molecule has 0 amide bonds. The highest BCUT2D eigenvalue weighted by atomic mass is 35.5. The van der Waals surface area contributed by atoms with E-state index in [9.17, 15) is 0 Å². The molecule has 2 nitrogen and oxygen atoms in total. The van der Waals surface area contributed by atoms with Crippen molar-refractivity contribution in [2.45, 2.75) is 13.3 Å². The summed E-state index contributed by atoms with van der Waals surface area (Å²) in [6.45, 7) is 2.64. The van der Waals surface area contributed by atoms with Gasteiger partial charge in [0.15, 0.2) is 0 Å². The van der Waals surface area contributed by atoms with Gasteiger partial charge >= 0.3 is 0 Å². The largest absolute Gasteiger partial charge is 0.330 e. The number of nitrogens with two attached hydrogens (primary N) is 1. The quantitative estimate of drug-likeness (QED) is 0.845. The topological polar surface area (TPSA) is 38.9 Å². The minimum Gasteiger partial charge on any atom is -0.330 e. The van der Waals surface area contributed by atoms with Crippen LogP contribution in [0.4, 0.5) is 0 Å². The van der Waals surface area contributed by atoms with Crippen LogP contribution in [0, 0.1) is 6.92 Å². The summed E-state index contributed by atoms with van der Waals surface area (Å²) < 4.78 is 0. The van der Waals surface area contributed by atoms with Gasteiger partial charge in [0.25, 0.3) is 0 Å². The summed E-state index contributed by atoms with van der Waals surface area (Å²) in [5.41, 5.74) is 8.82. The number of aromatic nitrogens is 1. The van der Waals surface area contributed by atoms with Gasteiger partial charge in [0.05, 0.1) is 5.52 Å². The van der Waals surface area contributed by atoms with Crippen molar-refractivity contribution >= 4 is 22.5 Å². The predicted molar refractivity (Wildman–Crippen MR) is 64.2 cm³/mol. The molecule has 2 aromatic rings. The Hall–Kier alpha value is -1.12. The lowest BCUT2D eigenvalue weighted by atomic mass is 10.1. The molecule has 0 fully saturated rings. The van der Waals surface area contributed by atoms with Gasteiger partial charge in [0.2, 0.25) is 0 Å². The first kappa shape index (κ1) is 10.4. The Morgan fingerprint density at radius 3 is 2.87 bits per heavy atom. The number of benzene rings is 1. The van der Waals surface area contributed by atoms with Crippen molar-refractivity contribution in [3.63, 3.8) is 0 Å². The summed E-state index contributed by atoms with van der Waals surface area (Å²) in [7, 11) is 0. The van der Waals surface area contributed by atoms with E-state index in [1.165, 1.54) is 5.56 Å². The molecule has 78 valence electrons. The third-order valence-electron chi connectivity index (χ3n) is 2.40. The third-order valence-corrected chi connectivity index (χ3v) is 2.63. The summed E-state index contributed by atoms with van der Waals surface area (Å²) in [4.78, 5) is 4.46. The molecule has 1 aromatic carbocycles. The molecular weight excluding hydrogens is 208 g/mol. The fourth-order valence-electron chi connectivity index (χ4n) is 1.78. The Morgan fingerprint density at radius 1 is 1.33 bits per heavy atom. The normalized spacial score (nSPS) is 10.9. The molecule has 15 heavy (non-hydrogen) atoms. The van der Waals surface area contributed by atoms with Crippen molar-refractivity contribution < 1.29 is 0 Å². The molecule has 0 saturated carbocycles. The van der Waals surface area contributed by atoms with Gasteiger partial charge in [0.1, 0.15) is 0 Å². The van der Waals surface area contributed by atoms with E-state index < -0.39 is 0 Å². The molecule has 0 aliphatic rings. The zero-order valence-corrected chi connectivity index (χ0v) is 9.38. The number of pyridine rings is 1. The fraction of sp³-hybridized carbons (Fsp3) is 0.250. The minimum atomic E-state index is 0.644. The first-order chi connectivity index (χ1) is 7.20. The maximum absolute atomic E-state index is 5.97. The number of halogens is 1. The van der Waals surface area contributed by atoms with E-state index in [2.05, 4.69) is 11.1 Å². The zero-order valence-electron chi connectivity index (χ0n) is 8.63. The summed E-state index contributed by atoms with van der Waals surface area (Å²) in [6, 6.07) is 7.84. The van der Waals surface area contributed by atoms with Crippen molar-refractivity contribution in [1.29, 1.82) is 0 Å². The molecule has 1 heterocycles. The van der Waals surface area contributed by atoms with Crippen LogP contribution in [0.25, 0.3) is 10.9 Å². The lowest BCUT2D eigenvalue weighted by molar-refractivity contribution is 0.971. The second kappa shape index (κ2) is 4.17. The number of rotatable bonds is 2. The second-order valence-corrected chi connectivity index (χ2v) is 4.06. The van der Waals surface area contributed by atoms with Gasteiger partial charge in [-0.1, -0.05) is 11.6 Å². The smallest absolute Gasteiger partial charge is 0.0708 e. The predicted octanol–water partition coefficient (Wildman–Crippen LogP) is 2.70. The molecule has 0 aliphatic heterocycles. The van der Waals surface area contributed by atoms with E-state index >= 15 is 0 Å². The molecule has 2 rings (SSSR count). The van der Waals surface area contributed by atoms with E-state index in [-0.39, 0.29) is 0 Å². The Labute approximate surface area is 94.1 Å². The van der Waals surface area contributed by atoms with Gasteiger partial charge < -0.3 is 5.73 Å². The van der Waals surface area contributed by atoms with E-state index in [0.29, 0.717) is 6.54 Å². The highest BCUT2D eigenvalue weighted by Crippen LogP contribution is 2.22. The molecule has 0 atom stereocenters. The van der Waals surface area contributed by atoms with Gasteiger partial charge in [-0.25, -0.2) is 0 Å². The third kappa shape index (κ3) is 2.11. The van der Waals surface area contributed by atoms with Crippen molar-refractivity contribution in [2.24, 2.45) is 5.73 Å². The van der Waals surface area contributed by atoms with Gasteiger partial charge in [-0.2, -0.15) is 0 Å². The molecule has 0 radical (unpaired) electrons. The van der Waals surface area contributed by atoms with E-state index in [1.807, 2.05) is 25.1 Å². The van der Waals surface area contributed by atoms with E-state index in [1.54, 1.807) is 0 Å². The molecule has 2 N–H and O–H groups in total. The SMILES string of the molecule is Cc1cc(CCN)c2cc(Cl)ccc2n1. The molecular formula is C12H13ClN2. The molecule has 0 bridgehead atoms. The van der Waals surface area contributed by atoms with Crippen LogP contribution in [0.15, 0.2) is 24.3 Å². The number of hydrogen-bond acceptors (Lipinski definition) is 2. The van der Waals surface area contributed by atoms with Crippen molar-refractivity contribution in [3.8, 4) is 0 Å². The number of hydrogen-bond donors (Lipinski definition) is 1. The van der Waals surface area contributed by atoms with Crippen LogP contribution >= 0.6 is 11.6 Å². The molecule has 0 saturated heterocycles. The first-order valence-electron chi connectivity index (χ1n) is 4.96. The van der Waals surface area contributed by atoms with Gasteiger partial charge in [-0.15, -0.1) is 0 Å². The monoisotopic (exact) mass is 220 g/mol. The Bertz CT molecular complexity index is 494. The Kier molecular flexibility index (Phi) is 2.89. The molecule has 0 unspecified atom stereocenters. The summed E-state index contributed by atoms with van der Waals surface area (Å²) in [5.74, 6) is 0. The van der Waals surface area contributed by atoms with Crippen LogP contribution in [0.3, 0.4) is 0 Å². The van der Waals surface area contributed by atoms with Crippen LogP contribution in [0.1, 0.15) is 11.3 Å². The van der Waals surface area contributed by atoms with Crippen molar-refractivity contribution in [2.75, 3.05) is 6.54 Å². The zero-order chi connectivity index (χ0) is 10.8. The highest BCUT2D eigenvalue weighted by Gasteiger charge is 2.03. The van der Waals surface area contributed by atoms with Crippen LogP contribution in [0.5, 0.6) is 0 Å². The number of aryl methyl sites for hydroxylation is 1. The number of nitrogens with zero attached hydrogens (tertiary/aromatic N) is 1. The van der Waals surface area contributed by atoms with Gasteiger partial charge in [-0.05, 0) is 49.7 Å². The average molecular weight is 221 g/mol. The lowest BCUT2D eigenvalue weighted by Gasteiger charge is -2.06. The Morgan fingerprint density at radius 2 is 2.13 bits per heavy atom. The first-order valence-corrected chi connectivity index (χ1v) is 5.34. The van der Waals surface area contributed by atoms with Crippen LogP contribution in [-0.4, -0.2) is 11.5 Å². The number of fused-ring (bicyclic) bond motifs is 1. The second-order valence-electron chi connectivity index (χ2n) is 3.62. The fourth-order valence-corrected chi connectivity index (χ4v) is 1.95. The summed E-state index contributed by atoms with van der Waals surface area (Å²) in [6.07, 6.45) is 0.861. The van der Waals surface area contributed by atoms with Crippen LogP contribution in [-0.2, 0) is 6.42 Å².